The Balaban J connectivity index is 2.63. The predicted octanol–water partition coefficient (Wildman–Crippen LogP) is 1.57. The van der Waals surface area contributed by atoms with Gasteiger partial charge in [0, 0.05) is 5.92 Å². The molecule has 1 rings (SSSR count). The molecule has 10 heavy (non-hydrogen) atoms. The fourth-order valence-corrected chi connectivity index (χ4v) is 0.739. The Kier molecular flexibility index (Phi) is 1.58. The van der Waals surface area contributed by atoms with E-state index in [1.54, 1.807) is 0 Å². The van der Waals surface area contributed by atoms with Gasteiger partial charge in [-0.1, -0.05) is 6.92 Å². The highest BCUT2D eigenvalue weighted by atomic mass is 16.7. The van der Waals surface area contributed by atoms with Gasteiger partial charge in [0.05, 0.1) is 0 Å². The molecular formula is C7H12O3. The zero-order valence-electron chi connectivity index (χ0n) is 6.51. The second-order valence-corrected chi connectivity index (χ2v) is 3.17. The summed E-state index contributed by atoms with van der Waals surface area (Å²) in [6.45, 7) is 6.23. The molecule has 0 aromatic carbocycles. The van der Waals surface area contributed by atoms with E-state index in [1.807, 2.05) is 20.8 Å². The second kappa shape index (κ2) is 2.15. The van der Waals surface area contributed by atoms with E-state index in [2.05, 4.69) is 4.74 Å². The van der Waals surface area contributed by atoms with Crippen LogP contribution >= 0.6 is 0 Å². The average molecular weight is 144 g/mol. The third kappa shape index (κ3) is 1.23. The quantitative estimate of drug-likeness (QED) is 0.484. The topological polar surface area (TPSA) is 35.5 Å². The largest absolute Gasteiger partial charge is 0.508 e. The van der Waals surface area contributed by atoms with E-state index in [0.29, 0.717) is 6.61 Å². The Morgan fingerprint density at radius 2 is 2.20 bits per heavy atom. The molecule has 3 nitrogen and oxygen atoms in total. The monoisotopic (exact) mass is 144 g/mol. The van der Waals surface area contributed by atoms with Gasteiger partial charge in [-0.15, -0.1) is 0 Å². The van der Waals surface area contributed by atoms with Crippen LogP contribution in [0.15, 0.2) is 0 Å². The molecule has 0 aliphatic carbocycles. The highest BCUT2D eigenvalue weighted by molar-refractivity contribution is 5.61. The molecule has 0 saturated carbocycles. The number of hydrogen-bond donors (Lipinski definition) is 0. The van der Waals surface area contributed by atoms with Gasteiger partial charge in [0.25, 0.3) is 0 Å². The minimum Gasteiger partial charge on any atom is -0.434 e. The predicted molar refractivity (Wildman–Crippen MR) is 35.7 cm³/mol. The normalized spacial score (nSPS) is 30.7. The maximum absolute atomic E-state index is 10.6. The van der Waals surface area contributed by atoms with E-state index in [0.717, 1.165) is 0 Å². The molecule has 1 aliphatic rings. The van der Waals surface area contributed by atoms with Gasteiger partial charge >= 0.3 is 6.16 Å². The molecule has 0 N–H and O–H groups in total. The van der Waals surface area contributed by atoms with Gasteiger partial charge in [-0.2, -0.15) is 0 Å². The lowest BCUT2D eigenvalue weighted by atomic mass is 9.93. The zero-order valence-corrected chi connectivity index (χ0v) is 6.51. The first-order valence-corrected chi connectivity index (χ1v) is 3.38. The molecule has 0 spiro atoms. The summed E-state index contributed by atoms with van der Waals surface area (Å²) in [5, 5.41) is 0. The van der Waals surface area contributed by atoms with Crippen LogP contribution in [0.4, 0.5) is 4.79 Å². The Labute approximate surface area is 60.3 Å². The molecule has 0 aromatic rings. The molecule has 3 heteroatoms. The lowest BCUT2D eigenvalue weighted by molar-refractivity contribution is -0.0999. The number of carbonyl (C=O) groups is 1. The van der Waals surface area contributed by atoms with E-state index >= 15 is 0 Å². The van der Waals surface area contributed by atoms with E-state index in [-0.39, 0.29) is 11.5 Å². The van der Waals surface area contributed by atoms with Crippen molar-refractivity contribution in [1.82, 2.24) is 0 Å². The summed E-state index contributed by atoms with van der Waals surface area (Å²) in [5.41, 5.74) is -0.366. The molecule has 1 aliphatic heterocycles. The number of rotatable bonds is 0. The number of cyclic esters (lactones) is 2. The molecule has 1 saturated heterocycles. The third-order valence-corrected chi connectivity index (χ3v) is 1.98. The van der Waals surface area contributed by atoms with Crippen LogP contribution < -0.4 is 0 Å². The average Bonchev–Trinajstić information content (AvgIpc) is 1.78. The Morgan fingerprint density at radius 3 is 2.60 bits per heavy atom. The van der Waals surface area contributed by atoms with Crippen molar-refractivity contribution in [3.05, 3.63) is 0 Å². The van der Waals surface area contributed by atoms with E-state index in [4.69, 9.17) is 4.74 Å². The van der Waals surface area contributed by atoms with Gasteiger partial charge in [-0.3, -0.25) is 0 Å². The smallest absolute Gasteiger partial charge is 0.434 e. The molecule has 58 valence electrons. The Morgan fingerprint density at radius 1 is 1.60 bits per heavy atom. The van der Waals surface area contributed by atoms with Crippen molar-refractivity contribution in [1.29, 1.82) is 0 Å². The lowest BCUT2D eigenvalue weighted by Gasteiger charge is -2.34. The van der Waals surface area contributed by atoms with Crippen molar-refractivity contribution < 1.29 is 14.3 Å². The van der Waals surface area contributed by atoms with Gasteiger partial charge in [0.1, 0.15) is 12.2 Å². The summed E-state index contributed by atoms with van der Waals surface area (Å²) in [6, 6.07) is 0. The third-order valence-electron chi connectivity index (χ3n) is 1.98. The van der Waals surface area contributed by atoms with Crippen LogP contribution in [-0.2, 0) is 9.47 Å². The first-order valence-electron chi connectivity index (χ1n) is 3.38. The van der Waals surface area contributed by atoms with Crippen molar-refractivity contribution in [2.75, 3.05) is 6.61 Å². The minimum atomic E-state index is -0.553. The summed E-state index contributed by atoms with van der Waals surface area (Å²) in [5.74, 6) is 0.269. The molecule has 1 fully saturated rings. The van der Waals surface area contributed by atoms with Crippen molar-refractivity contribution in [2.45, 2.75) is 26.4 Å². The second-order valence-electron chi connectivity index (χ2n) is 3.17. The number of carbonyl (C=O) groups excluding carboxylic acids is 1. The molecule has 0 radical (unpaired) electrons. The van der Waals surface area contributed by atoms with E-state index in [9.17, 15) is 4.79 Å². The van der Waals surface area contributed by atoms with Gasteiger partial charge < -0.3 is 9.47 Å². The van der Waals surface area contributed by atoms with Gasteiger partial charge in [-0.05, 0) is 13.8 Å². The zero-order chi connectivity index (χ0) is 7.78. The molecule has 0 bridgehead atoms. The fourth-order valence-electron chi connectivity index (χ4n) is 0.739. The summed E-state index contributed by atoms with van der Waals surface area (Å²) < 4.78 is 9.59. The summed E-state index contributed by atoms with van der Waals surface area (Å²) in [7, 11) is 0. The standard InChI is InChI=1S/C7H12O3/c1-5-4-9-6(8)10-7(5,2)3/h5H,4H2,1-3H3. The molecule has 1 atom stereocenters. The van der Waals surface area contributed by atoms with Crippen LogP contribution in [0.25, 0.3) is 0 Å². The Bertz CT molecular complexity index is 151. The van der Waals surface area contributed by atoms with Crippen molar-refractivity contribution in [3.63, 3.8) is 0 Å². The SMILES string of the molecule is CC1COC(=O)OC1(C)C. The lowest BCUT2D eigenvalue weighted by Crippen LogP contribution is -2.42. The highest BCUT2D eigenvalue weighted by Crippen LogP contribution is 2.25. The summed E-state index contributed by atoms with van der Waals surface area (Å²) in [6.07, 6.45) is -0.553. The van der Waals surface area contributed by atoms with E-state index in [1.165, 1.54) is 0 Å². The van der Waals surface area contributed by atoms with Gasteiger partial charge in [-0.25, -0.2) is 4.79 Å². The van der Waals surface area contributed by atoms with Crippen molar-refractivity contribution >= 4 is 6.16 Å². The summed E-state index contributed by atoms with van der Waals surface area (Å²) in [4.78, 5) is 10.6. The highest BCUT2D eigenvalue weighted by Gasteiger charge is 2.35. The molecule has 0 aromatic heterocycles. The molecule has 1 heterocycles. The first kappa shape index (κ1) is 7.38. The molecular weight excluding hydrogens is 132 g/mol. The molecule has 0 amide bonds. The number of ether oxygens (including phenoxy) is 2. The van der Waals surface area contributed by atoms with Crippen LogP contribution in [-0.4, -0.2) is 18.4 Å². The van der Waals surface area contributed by atoms with Crippen LogP contribution in [0.3, 0.4) is 0 Å². The fraction of sp³-hybridized carbons (Fsp3) is 0.857. The first-order chi connectivity index (χ1) is 4.52. The summed E-state index contributed by atoms with van der Waals surface area (Å²) >= 11 is 0. The van der Waals surface area contributed by atoms with Crippen LogP contribution in [0, 0.1) is 5.92 Å². The van der Waals surface area contributed by atoms with Crippen molar-refractivity contribution in [2.24, 2.45) is 5.92 Å². The van der Waals surface area contributed by atoms with Gasteiger partial charge in [0.2, 0.25) is 0 Å². The maximum Gasteiger partial charge on any atom is 0.508 e. The van der Waals surface area contributed by atoms with Crippen LogP contribution in [0.2, 0.25) is 0 Å². The van der Waals surface area contributed by atoms with Crippen LogP contribution in [0.5, 0.6) is 0 Å². The van der Waals surface area contributed by atoms with Crippen LogP contribution in [0.1, 0.15) is 20.8 Å². The number of hydrogen-bond acceptors (Lipinski definition) is 3. The Hall–Kier alpha value is -0.730. The maximum atomic E-state index is 10.6. The molecule has 1 unspecified atom stereocenters. The van der Waals surface area contributed by atoms with Gasteiger partial charge in [0.15, 0.2) is 0 Å². The van der Waals surface area contributed by atoms with E-state index < -0.39 is 6.16 Å². The van der Waals surface area contributed by atoms with Crippen molar-refractivity contribution in [3.8, 4) is 0 Å². The minimum absolute atomic E-state index is 0.269.